The molecule has 0 spiro atoms. The van der Waals surface area contributed by atoms with Crippen molar-refractivity contribution in [3.63, 3.8) is 0 Å². The summed E-state index contributed by atoms with van der Waals surface area (Å²) in [6.45, 7) is 4.01. The zero-order chi connectivity index (χ0) is 14.5. The van der Waals surface area contributed by atoms with Crippen LogP contribution in [-0.2, 0) is 6.42 Å². The monoisotopic (exact) mass is 272 g/mol. The Kier molecular flexibility index (Phi) is 4.65. The number of hydrogen-bond acceptors (Lipinski definition) is 5. The van der Waals surface area contributed by atoms with Crippen molar-refractivity contribution in [1.29, 1.82) is 0 Å². The van der Waals surface area contributed by atoms with Crippen molar-refractivity contribution in [2.24, 2.45) is 5.84 Å². The van der Waals surface area contributed by atoms with Crippen LogP contribution in [-0.4, -0.2) is 17.1 Å². The first-order chi connectivity index (χ1) is 9.67. The number of ether oxygens (including phenoxy) is 1. The molecule has 20 heavy (non-hydrogen) atoms. The van der Waals surface area contributed by atoms with Gasteiger partial charge in [0, 0.05) is 41.8 Å². The lowest BCUT2D eigenvalue weighted by Crippen LogP contribution is -2.30. The van der Waals surface area contributed by atoms with Crippen molar-refractivity contribution in [2.75, 3.05) is 7.11 Å². The topological polar surface area (TPSA) is 73.1 Å². The zero-order valence-corrected chi connectivity index (χ0v) is 12.1. The lowest BCUT2D eigenvalue weighted by molar-refractivity contribution is 0.406. The van der Waals surface area contributed by atoms with Crippen molar-refractivity contribution < 1.29 is 4.74 Å². The molecule has 5 nitrogen and oxygen atoms in total. The predicted molar refractivity (Wildman–Crippen MR) is 78.3 cm³/mol. The lowest BCUT2D eigenvalue weighted by Gasteiger charge is -2.18. The number of nitrogens with one attached hydrogen (secondary N) is 1. The van der Waals surface area contributed by atoms with Gasteiger partial charge in [0.25, 0.3) is 0 Å². The molecule has 2 aromatic rings. The predicted octanol–water partition coefficient (Wildman–Crippen LogP) is 1.85. The molecule has 0 saturated heterocycles. The SMILES string of the molecule is COc1c(C)cnc(CC(NN)c2cccnc2)c1C. The minimum Gasteiger partial charge on any atom is -0.496 e. The van der Waals surface area contributed by atoms with Gasteiger partial charge in [0.05, 0.1) is 13.2 Å². The summed E-state index contributed by atoms with van der Waals surface area (Å²) < 4.78 is 5.43. The third-order valence-corrected chi connectivity index (χ3v) is 3.44. The van der Waals surface area contributed by atoms with Gasteiger partial charge in [0.2, 0.25) is 0 Å². The molecule has 0 aromatic carbocycles. The Labute approximate surface area is 119 Å². The summed E-state index contributed by atoms with van der Waals surface area (Å²) in [6, 6.07) is 3.87. The van der Waals surface area contributed by atoms with Crippen LogP contribution in [0.25, 0.3) is 0 Å². The van der Waals surface area contributed by atoms with Crippen molar-refractivity contribution in [3.8, 4) is 5.75 Å². The van der Waals surface area contributed by atoms with E-state index in [0.29, 0.717) is 6.42 Å². The van der Waals surface area contributed by atoms with E-state index in [4.69, 9.17) is 10.6 Å². The lowest BCUT2D eigenvalue weighted by atomic mass is 10.0. The maximum absolute atomic E-state index is 5.67. The van der Waals surface area contributed by atoms with Crippen LogP contribution in [0.3, 0.4) is 0 Å². The van der Waals surface area contributed by atoms with Crippen LogP contribution in [0.1, 0.15) is 28.4 Å². The van der Waals surface area contributed by atoms with E-state index in [0.717, 1.165) is 28.1 Å². The number of hydrazine groups is 1. The maximum atomic E-state index is 5.67. The second-order valence-corrected chi connectivity index (χ2v) is 4.76. The summed E-state index contributed by atoms with van der Waals surface area (Å²) in [5.74, 6) is 6.55. The molecular weight excluding hydrogens is 252 g/mol. The summed E-state index contributed by atoms with van der Waals surface area (Å²) in [5, 5.41) is 0. The van der Waals surface area contributed by atoms with E-state index in [9.17, 15) is 0 Å². The molecule has 5 heteroatoms. The van der Waals surface area contributed by atoms with Gasteiger partial charge in [-0.05, 0) is 25.5 Å². The van der Waals surface area contributed by atoms with Crippen LogP contribution in [0.5, 0.6) is 5.75 Å². The van der Waals surface area contributed by atoms with Crippen LogP contribution in [0.4, 0.5) is 0 Å². The molecule has 0 fully saturated rings. The highest BCUT2D eigenvalue weighted by molar-refractivity contribution is 5.41. The molecule has 106 valence electrons. The van der Waals surface area contributed by atoms with Gasteiger partial charge < -0.3 is 4.74 Å². The fourth-order valence-electron chi connectivity index (χ4n) is 2.33. The van der Waals surface area contributed by atoms with E-state index in [1.165, 1.54) is 0 Å². The van der Waals surface area contributed by atoms with Gasteiger partial charge in [0.1, 0.15) is 5.75 Å². The fourth-order valence-corrected chi connectivity index (χ4v) is 2.33. The molecule has 0 aliphatic heterocycles. The van der Waals surface area contributed by atoms with Gasteiger partial charge >= 0.3 is 0 Å². The highest BCUT2D eigenvalue weighted by atomic mass is 16.5. The number of nitrogens with two attached hydrogens (primary N) is 1. The second-order valence-electron chi connectivity index (χ2n) is 4.76. The molecule has 0 radical (unpaired) electrons. The number of rotatable bonds is 5. The van der Waals surface area contributed by atoms with Crippen LogP contribution >= 0.6 is 0 Å². The maximum Gasteiger partial charge on any atom is 0.128 e. The van der Waals surface area contributed by atoms with E-state index < -0.39 is 0 Å². The molecule has 1 unspecified atom stereocenters. The first kappa shape index (κ1) is 14.4. The average molecular weight is 272 g/mol. The third-order valence-electron chi connectivity index (χ3n) is 3.44. The summed E-state index contributed by atoms with van der Waals surface area (Å²) in [7, 11) is 1.68. The van der Waals surface area contributed by atoms with Crippen molar-refractivity contribution in [1.82, 2.24) is 15.4 Å². The van der Waals surface area contributed by atoms with Gasteiger partial charge in [-0.3, -0.25) is 21.2 Å². The Morgan fingerprint density at radius 2 is 2.15 bits per heavy atom. The molecule has 2 aromatic heterocycles. The first-order valence-corrected chi connectivity index (χ1v) is 6.52. The molecule has 2 heterocycles. The Morgan fingerprint density at radius 3 is 2.75 bits per heavy atom. The quantitative estimate of drug-likeness (QED) is 0.642. The normalized spacial score (nSPS) is 12.2. The third kappa shape index (κ3) is 2.95. The highest BCUT2D eigenvalue weighted by Crippen LogP contribution is 2.26. The average Bonchev–Trinajstić information content (AvgIpc) is 2.48. The number of hydrogen-bond donors (Lipinski definition) is 2. The number of methoxy groups -OCH3 is 1. The molecular formula is C15H20N4O. The van der Waals surface area contributed by atoms with Gasteiger partial charge in [-0.1, -0.05) is 6.07 Å². The van der Waals surface area contributed by atoms with Crippen molar-refractivity contribution in [3.05, 3.63) is 53.1 Å². The summed E-state index contributed by atoms with van der Waals surface area (Å²) in [4.78, 5) is 8.63. The first-order valence-electron chi connectivity index (χ1n) is 6.52. The van der Waals surface area contributed by atoms with Crippen LogP contribution in [0.15, 0.2) is 30.7 Å². The Hall–Kier alpha value is -1.98. The molecule has 1 atom stereocenters. The fraction of sp³-hybridized carbons (Fsp3) is 0.333. The number of nitrogens with zero attached hydrogens (tertiary/aromatic N) is 2. The zero-order valence-electron chi connectivity index (χ0n) is 12.1. The minimum atomic E-state index is -0.0256. The number of aryl methyl sites for hydroxylation is 1. The Bertz CT molecular complexity index is 572. The Balaban J connectivity index is 2.29. The molecule has 0 saturated carbocycles. The summed E-state index contributed by atoms with van der Waals surface area (Å²) >= 11 is 0. The molecule has 2 rings (SSSR count). The van der Waals surface area contributed by atoms with Gasteiger partial charge in [-0.15, -0.1) is 0 Å². The smallest absolute Gasteiger partial charge is 0.128 e. The second kappa shape index (κ2) is 6.45. The van der Waals surface area contributed by atoms with Crippen LogP contribution in [0.2, 0.25) is 0 Å². The minimum absolute atomic E-state index is 0.0256. The molecule has 0 aliphatic carbocycles. The Morgan fingerprint density at radius 1 is 1.35 bits per heavy atom. The van der Waals surface area contributed by atoms with Gasteiger partial charge in [0.15, 0.2) is 0 Å². The van der Waals surface area contributed by atoms with Crippen molar-refractivity contribution in [2.45, 2.75) is 26.3 Å². The van der Waals surface area contributed by atoms with Crippen LogP contribution in [0, 0.1) is 13.8 Å². The van der Waals surface area contributed by atoms with Gasteiger partial charge in [-0.25, -0.2) is 0 Å². The molecule has 0 bridgehead atoms. The van der Waals surface area contributed by atoms with Gasteiger partial charge in [-0.2, -0.15) is 0 Å². The van der Waals surface area contributed by atoms with Crippen molar-refractivity contribution >= 4 is 0 Å². The van der Waals surface area contributed by atoms with E-state index >= 15 is 0 Å². The highest BCUT2D eigenvalue weighted by Gasteiger charge is 2.16. The molecule has 0 amide bonds. The van der Waals surface area contributed by atoms with E-state index in [-0.39, 0.29) is 6.04 Å². The van der Waals surface area contributed by atoms with E-state index in [2.05, 4.69) is 15.4 Å². The summed E-state index contributed by atoms with van der Waals surface area (Å²) in [5.41, 5.74) is 6.92. The molecule has 3 N–H and O–H groups in total. The number of aromatic nitrogens is 2. The summed E-state index contributed by atoms with van der Waals surface area (Å²) in [6.07, 6.45) is 6.07. The largest absolute Gasteiger partial charge is 0.496 e. The standard InChI is InChI=1S/C15H20N4O/c1-10-8-18-13(11(2)15(10)20-3)7-14(19-16)12-5-4-6-17-9-12/h4-6,8-9,14,19H,7,16H2,1-3H3. The van der Waals surface area contributed by atoms with E-state index in [1.54, 1.807) is 13.3 Å². The molecule has 0 aliphatic rings. The van der Waals surface area contributed by atoms with E-state index in [1.807, 2.05) is 38.4 Å². The number of pyridine rings is 2. The van der Waals surface area contributed by atoms with Crippen LogP contribution < -0.4 is 16.0 Å².